The number of rotatable bonds is 5. The van der Waals surface area contributed by atoms with E-state index in [1.165, 1.54) is 44.9 Å². The van der Waals surface area contributed by atoms with E-state index >= 15 is 0 Å². The van der Waals surface area contributed by atoms with E-state index in [4.69, 9.17) is 0 Å². The fourth-order valence-electron chi connectivity index (χ4n) is 8.68. The summed E-state index contributed by atoms with van der Waals surface area (Å²) in [5.74, 6) is 4.56. The Bertz CT molecular complexity index is 660. The average molecular weight is 417 g/mol. The molecule has 0 aromatic carbocycles. The van der Waals surface area contributed by atoms with Gasteiger partial charge in [0.05, 0.1) is 11.7 Å². The van der Waals surface area contributed by atoms with Gasteiger partial charge in [-0.2, -0.15) is 0 Å². The first-order chi connectivity index (χ1) is 14.0. The lowest BCUT2D eigenvalue weighted by Gasteiger charge is -2.58. The number of fused-ring (bicyclic) bond motifs is 5. The zero-order valence-corrected chi connectivity index (χ0v) is 20.6. The summed E-state index contributed by atoms with van der Waals surface area (Å²) in [6.07, 6.45) is 14.9. The van der Waals surface area contributed by atoms with Crippen molar-refractivity contribution in [3.63, 3.8) is 0 Å². The van der Waals surface area contributed by atoms with Gasteiger partial charge >= 0.3 is 0 Å². The molecule has 4 aliphatic rings. The second-order valence-electron chi connectivity index (χ2n) is 13.0. The van der Waals surface area contributed by atoms with Crippen molar-refractivity contribution in [3.05, 3.63) is 11.6 Å². The maximum absolute atomic E-state index is 10.3. The van der Waals surface area contributed by atoms with Gasteiger partial charge in [0.25, 0.3) is 0 Å². The van der Waals surface area contributed by atoms with E-state index in [2.05, 4.69) is 33.8 Å². The van der Waals surface area contributed by atoms with Crippen LogP contribution in [0.1, 0.15) is 106 Å². The van der Waals surface area contributed by atoms with Crippen molar-refractivity contribution in [2.75, 3.05) is 0 Å². The second kappa shape index (κ2) is 7.91. The molecule has 30 heavy (non-hydrogen) atoms. The van der Waals surface area contributed by atoms with Gasteiger partial charge in [-0.25, -0.2) is 0 Å². The fourth-order valence-corrected chi connectivity index (χ4v) is 8.68. The molecule has 3 saturated carbocycles. The summed E-state index contributed by atoms with van der Waals surface area (Å²) in [4.78, 5) is 0. The van der Waals surface area contributed by atoms with Crippen LogP contribution in [0.15, 0.2) is 11.6 Å². The van der Waals surface area contributed by atoms with Gasteiger partial charge in [-0.1, -0.05) is 45.8 Å². The highest BCUT2D eigenvalue weighted by Crippen LogP contribution is 2.67. The van der Waals surface area contributed by atoms with Crippen LogP contribution in [-0.2, 0) is 0 Å². The molecule has 0 radical (unpaired) electrons. The van der Waals surface area contributed by atoms with E-state index in [1.54, 1.807) is 5.57 Å². The Hall–Kier alpha value is -0.340. The first-order valence-electron chi connectivity index (χ1n) is 13.1. The first kappa shape index (κ1) is 22.8. The normalized spacial score (nSPS) is 45.7. The second-order valence-corrected chi connectivity index (χ2v) is 13.0. The monoisotopic (exact) mass is 416 g/mol. The Labute approximate surface area is 185 Å². The molecule has 0 heterocycles. The minimum absolute atomic E-state index is 0.0993. The van der Waals surface area contributed by atoms with Crippen LogP contribution in [0.25, 0.3) is 0 Å². The van der Waals surface area contributed by atoms with Crippen molar-refractivity contribution in [1.82, 2.24) is 0 Å². The van der Waals surface area contributed by atoms with Crippen LogP contribution in [0, 0.1) is 46.3 Å². The van der Waals surface area contributed by atoms with E-state index in [0.717, 1.165) is 48.9 Å². The van der Waals surface area contributed by atoms with Gasteiger partial charge in [-0.05, 0) is 118 Å². The lowest BCUT2D eigenvalue weighted by atomic mass is 9.47. The van der Waals surface area contributed by atoms with Crippen LogP contribution in [0.5, 0.6) is 0 Å². The van der Waals surface area contributed by atoms with Crippen molar-refractivity contribution in [2.24, 2.45) is 46.3 Å². The van der Waals surface area contributed by atoms with Crippen LogP contribution >= 0.6 is 0 Å². The molecule has 0 saturated heterocycles. The molecule has 9 atom stereocenters. The van der Waals surface area contributed by atoms with Crippen molar-refractivity contribution in [1.29, 1.82) is 0 Å². The van der Waals surface area contributed by atoms with Crippen molar-refractivity contribution in [3.8, 4) is 0 Å². The molecule has 2 N–H and O–H groups in total. The molecule has 0 spiro atoms. The predicted molar refractivity (Wildman–Crippen MR) is 125 cm³/mol. The van der Waals surface area contributed by atoms with E-state index in [9.17, 15) is 10.2 Å². The molecule has 4 aliphatic carbocycles. The molecule has 0 aromatic rings. The standard InChI is InChI=1S/C28H48O2/c1-18(7-8-19(2)26(3,4)30)23-11-12-24-22-10-9-20-17-21(29)13-15-27(20,5)25(22)14-16-28(23,24)6/h9,18-19,21-25,29-30H,7-8,10-17H2,1-6H3/t18-,19+,21?,22?,23?,24?,25?,27?,28?/m1/s1. The van der Waals surface area contributed by atoms with E-state index in [-0.39, 0.29) is 6.10 Å². The molecule has 7 unspecified atom stereocenters. The number of hydrogen-bond donors (Lipinski definition) is 2. The quantitative estimate of drug-likeness (QED) is 0.487. The van der Waals surface area contributed by atoms with Gasteiger partial charge in [0.2, 0.25) is 0 Å². The lowest BCUT2D eigenvalue weighted by molar-refractivity contribution is -0.0581. The maximum atomic E-state index is 10.3. The largest absolute Gasteiger partial charge is 0.393 e. The van der Waals surface area contributed by atoms with Crippen LogP contribution in [0.4, 0.5) is 0 Å². The molecule has 2 nitrogen and oxygen atoms in total. The minimum Gasteiger partial charge on any atom is -0.393 e. The summed E-state index contributed by atoms with van der Waals surface area (Å²) in [7, 11) is 0. The third-order valence-electron chi connectivity index (χ3n) is 11.1. The third kappa shape index (κ3) is 3.72. The molecule has 4 rings (SSSR count). The van der Waals surface area contributed by atoms with Gasteiger partial charge in [0, 0.05) is 0 Å². The average Bonchev–Trinajstić information content (AvgIpc) is 3.03. The number of hydrogen-bond acceptors (Lipinski definition) is 2. The van der Waals surface area contributed by atoms with Gasteiger partial charge < -0.3 is 10.2 Å². The number of allylic oxidation sites excluding steroid dienone is 1. The number of aliphatic hydroxyl groups is 2. The minimum atomic E-state index is -0.560. The van der Waals surface area contributed by atoms with Crippen molar-refractivity contribution < 1.29 is 10.2 Å². The molecule has 0 amide bonds. The van der Waals surface area contributed by atoms with Crippen LogP contribution in [-0.4, -0.2) is 21.9 Å². The smallest absolute Gasteiger partial charge is 0.0617 e. The fraction of sp³-hybridized carbons (Fsp3) is 0.929. The Balaban J connectivity index is 1.47. The topological polar surface area (TPSA) is 40.5 Å². The predicted octanol–water partition coefficient (Wildman–Crippen LogP) is 6.75. The highest BCUT2D eigenvalue weighted by atomic mass is 16.3. The Morgan fingerprint density at radius 1 is 1.03 bits per heavy atom. The molecule has 0 bridgehead atoms. The highest BCUT2D eigenvalue weighted by Gasteiger charge is 2.59. The van der Waals surface area contributed by atoms with Gasteiger partial charge in [0.1, 0.15) is 0 Å². The molecule has 0 aromatic heterocycles. The maximum Gasteiger partial charge on any atom is 0.0617 e. The molecule has 2 heteroatoms. The first-order valence-corrected chi connectivity index (χ1v) is 13.1. The summed E-state index contributed by atoms with van der Waals surface area (Å²) >= 11 is 0. The summed E-state index contributed by atoms with van der Waals surface area (Å²) < 4.78 is 0. The molecule has 3 fully saturated rings. The van der Waals surface area contributed by atoms with Gasteiger partial charge in [-0.3, -0.25) is 0 Å². The zero-order valence-electron chi connectivity index (χ0n) is 20.6. The van der Waals surface area contributed by atoms with Gasteiger partial charge in [0.15, 0.2) is 0 Å². The lowest BCUT2D eigenvalue weighted by Crippen LogP contribution is -2.50. The zero-order chi connectivity index (χ0) is 21.9. The van der Waals surface area contributed by atoms with Gasteiger partial charge in [-0.15, -0.1) is 0 Å². The summed E-state index contributed by atoms with van der Waals surface area (Å²) in [6.45, 7) is 13.8. The summed E-state index contributed by atoms with van der Waals surface area (Å²) in [5, 5.41) is 20.6. The molecular weight excluding hydrogens is 368 g/mol. The molecule has 0 aliphatic heterocycles. The van der Waals surface area contributed by atoms with E-state index < -0.39 is 5.60 Å². The molecular formula is C28H48O2. The summed E-state index contributed by atoms with van der Waals surface area (Å²) in [6, 6.07) is 0. The third-order valence-corrected chi connectivity index (χ3v) is 11.1. The van der Waals surface area contributed by atoms with Crippen LogP contribution < -0.4 is 0 Å². The van der Waals surface area contributed by atoms with E-state index in [0.29, 0.717) is 16.7 Å². The number of aliphatic hydroxyl groups excluding tert-OH is 1. The Morgan fingerprint density at radius 2 is 1.77 bits per heavy atom. The summed E-state index contributed by atoms with van der Waals surface area (Å²) in [5.41, 5.74) is 1.90. The Kier molecular flexibility index (Phi) is 6.02. The van der Waals surface area contributed by atoms with Crippen LogP contribution in [0.2, 0.25) is 0 Å². The van der Waals surface area contributed by atoms with Crippen molar-refractivity contribution in [2.45, 2.75) is 117 Å². The van der Waals surface area contributed by atoms with Crippen molar-refractivity contribution >= 4 is 0 Å². The SMILES string of the molecule is C[C@H](CC[C@H](C)C(C)(C)O)C1CCC2C3CC=C4CC(O)CCC4(C)C3CCC21C. The van der Waals surface area contributed by atoms with Crippen LogP contribution in [0.3, 0.4) is 0 Å². The highest BCUT2D eigenvalue weighted by molar-refractivity contribution is 5.25. The van der Waals surface area contributed by atoms with E-state index in [1.807, 2.05) is 13.8 Å². The Morgan fingerprint density at radius 3 is 2.47 bits per heavy atom. The molecule has 172 valence electrons.